The molecule has 19 heavy (non-hydrogen) atoms. The van der Waals surface area contributed by atoms with E-state index in [1.54, 1.807) is 6.07 Å². The Balaban J connectivity index is 2.34. The molecule has 5 nitrogen and oxygen atoms in total. The molecule has 0 atom stereocenters. The maximum absolute atomic E-state index is 13.1. The van der Waals surface area contributed by atoms with Crippen molar-refractivity contribution in [1.82, 2.24) is 15.6 Å². The summed E-state index contributed by atoms with van der Waals surface area (Å²) in [5, 5.41) is 5.53. The van der Waals surface area contributed by atoms with Crippen LogP contribution in [0.2, 0.25) is 0 Å². The number of alkyl halides is 2. The zero-order valence-electron chi connectivity index (χ0n) is 10.6. The van der Waals surface area contributed by atoms with Crippen LogP contribution in [0.4, 0.5) is 14.5 Å². The quantitative estimate of drug-likeness (QED) is 0.852. The highest BCUT2D eigenvalue weighted by Crippen LogP contribution is 2.28. The molecule has 2 rings (SSSR count). The summed E-state index contributed by atoms with van der Waals surface area (Å²) >= 11 is 0. The average Bonchev–Trinajstić information content (AvgIpc) is 2.46. The van der Waals surface area contributed by atoms with Gasteiger partial charge in [-0.05, 0) is 12.1 Å². The summed E-state index contributed by atoms with van der Waals surface area (Å²) in [5.41, 5.74) is 0.0869. The predicted molar refractivity (Wildman–Crippen MR) is 67.7 cm³/mol. The first kappa shape index (κ1) is 13.7. The van der Waals surface area contributed by atoms with E-state index in [0.717, 1.165) is 13.1 Å². The second kappa shape index (κ2) is 5.92. The Morgan fingerprint density at radius 2 is 2.11 bits per heavy atom. The molecule has 2 heterocycles. The molecule has 0 saturated carbocycles. The van der Waals surface area contributed by atoms with E-state index in [1.165, 1.54) is 13.1 Å². The van der Waals surface area contributed by atoms with Gasteiger partial charge in [-0.1, -0.05) is 0 Å². The Morgan fingerprint density at radius 3 is 2.68 bits per heavy atom. The Morgan fingerprint density at radius 1 is 1.42 bits per heavy atom. The largest absolute Gasteiger partial charge is 0.367 e. The highest BCUT2D eigenvalue weighted by atomic mass is 19.3. The Labute approximate surface area is 110 Å². The summed E-state index contributed by atoms with van der Waals surface area (Å²) in [5.74, 6) is -0.464. The molecule has 1 aliphatic rings. The van der Waals surface area contributed by atoms with Gasteiger partial charge in [0.2, 0.25) is 0 Å². The van der Waals surface area contributed by atoms with Crippen molar-refractivity contribution in [2.75, 3.05) is 38.1 Å². The number of hydrogen-bond acceptors (Lipinski definition) is 4. The minimum atomic E-state index is -2.70. The highest BCUT2D eigenvalue weighted by Gasteiger charge is 2.22. The molecule has 104 valence electrons. The SMILES string of the molecule is CNC(=O)c1ccc(N2CCNCC2)c(C(F)F)n1. The fourth-order valence-corrected chi connectivity index (χ4v) is 2.06. The van der Waals surface area contributed by atoms with Crippen molar-refractivity contribution in [2.45, 2.75) is 6.43 Å². The average molecular weight is 270 g/mol. The molecule has 0 aliphatic carbocycles. The summed E-state index contributed by atoms with van der Waals surface area (Å²) in [4.78, 5) is 17.1. The maximum atomic E-state index is 13.1. The van der Waals surface area contributed by atoms with Gasteiger partial charge in [-0.15, -0.1) is 0 Å². The van der Waals surface area contributed by atoms with Gasteiger partial charge in [0.1, 0.15) is 11.4 Å². The normalized spacial score (nSPS) is 15.7. The number of aromatic nitrogens is 1. The Hall–Kier alpha value is -1.76. The summed E-state index contributed by atoms with van der Waals surface area (Å²) in [7, 11) is 1.44. The number of anilines is 1. The number of rotatable bonds is 3. The third kappa shape index (κ3) is 2.98. The lowest BCUT2D eigenvalue weighted by Crippen LogP contribution is -2.44. The van der Waals surface area contributed by atoms with Crippen molar-refractivity contribution in [3.8, 4) is 0 Å². The first-order chi connectivity index (χ1) is 9.13. The van der Waals surface area contributed by atoms with Crippen molar-refractivity contribution in [1.29, 1.82) is 0 Å². The molecule has 1 fully saturated rings. The standard InChI is InChI=1S/C12H16F2N4O/c1-15-12(19)8-2-3-9(10(17-8)11(13)14)18-6-4-16-5-7-18/h2-3,11,16H,4-7H2,1H3,(H,15,19). The lowest BCUT2D eigenvalue weighted by molar-refractivity contribution is 0.0956. The minimum absolute atomic E-state index is 0.0108. The number of amides is 1. The summed E-state index contributed by atoms with van der Waals surface area (Å²) < 4.78 is 26.2. The molecule has 1 aromatic heterocycles. The van der Waals surface area contributed by atoms with Gasteiger partial charge in [0.15, 0.2) is 0 Å². The maximum Gasteiger partial charge on any atom is 0.282 e. The number of piperazine rings is 1. The van der Waals surface area contributed by atoms with Gasteiger partial charge >= 0.3 is 0 Å². The molecule has 0 radical (unpaired) electrons. The smallest absolute Gasteiger partial charge is 0.282 e. The summed E-state index contributed by atoms with van der Waals surface area (Å²) in [6, 6.07) is 3.02. The molecule has 1 aromatic rings. The topological polar surface area (TPSA) is 57.3 Å². The Bertz CT molecular complexity index is 461. The molecule has 0 unspecified atom stereocenters. The second-order valence-corrected chi connectivity index (χ2v) is 4.22. The molecular formula is C12H16F2N4O. The first-order valence-corrected chi connectivity index (χ1v) is 6.10. The van der Waals surface area contributed by atoms with Crippen LogP contribution in [0.5, 0.6) is 0 Å². The monoisotopic (exact) mass is 270 g/mol. The van der Waals surface area contributed by atoms with Crippen LogP contribution in [0.15, 0.2) is 12.1 Å². The third-order valence-corrected chi connectivity index (χ3v) is 3.03. The zero-order valence-corrected chi connectivity index (χ0v) is 10.6. The fourth-order valence-electron chi connectivity index (χ4n) is 2.06. The zero-order chi connectivity index (χ0) is 13.8. The van der Waals surface area contributed by atoms with Gasteiger partial charge in [-0.2, -0.15) is 0 Å². The Kier molecular flexibility index (Phi) is 4.26. The molecule has 1 aliphatic heterocycles. The highest BCUT2D eigenvalue weighted by molar-refractivity contribution is 5.92. The molecule has 0 bridgehead atoms. The van der Waals surface area contributed by atoms with Gasteiger partial charge in [0.25, 0.3) is 12.3 Å². The summed E-state index contributed by atoms with van der Waals surface area (Å²) in [6.07, 6.45) is -2.70. The van der Waals surface area contributed by atoms with E-state index < -0.39 is 12.3 Å². The van der Waals surface area contributed by atoms with Crippen LogP contribution in [0.1, 0.15) is 22.6 Å². The van der Waals surface area contributed by atoms with Gasteiger partial charge in [0, 0.05) is 33.2 Å². The number of halogens is 2. The van der Waals surface area contributed by atoms with E-state index in [1.807, 2.05) is 4.90 Å². The predicted octanol–water partition coefficient (Wildman–Crippen LogP) is 0.788. The lowest BCUT2D eigenvalue weighted by Gasteiger charge is -2.30. The first-order valence-electron chi connectivity index (χ1n) is 6.10. The van der Waals surface area contributed by atoms with Crippen molar-refractivity contribution in [3.05, 3.63) is 23.5 Å². The number of nitrogens with one attached hydrogen (secondary N) is 2. The van der Waals surface area contributed by atoms with E-state index in [-0.39, 0.29) is 11.4 Å². The van der Waals surface area contributed by atoms with Crippen LogP contribution in [0.3, 0.4) is 0 Å². The van der Waals surface area contributed by atoms with Gasteiger partial charge in [-0.25, -0.2) is 13.8 Å². The van der Waals surface area contributed by atoms with Crippen LogP contribution in [0, 0.1) is 0 Å². The van der Waals surface area contributed by atoms with Crippen LogP contribution in [-0.2, 0) is 0 Å². The van der Waals surface area contributed by atoms with E-state index in [9.17, 15) is 13.6 Å². The molecule has 0 aromatic carbocycles. The number of carbonyl (C=O) groups is 1. The molecule has 7 heteroatoms. The molecular weight excluding hydrogens is 254 g/mol. The molecule has 1 saturated heterocycles. The lowest BCUT2D eigenvalue weighted by atomic mass is 10.2. The van der Waals surface area contributed by atoms with Crippen molar-refractivity contribution >= 4 is 11.6 Å². The fraction of sp³-hybridized carbons (Fsp3) is 0.500. The second-order valence-electron chi connectivity index (χ2n) is 4.22. The number of nitrogens with zero attached hydrogens (tertiary/aromatic N) is 2. The minimum Gasteiger partial charge on any atom is -0.367 e. The molecule has 0 spiro atoms. The number of hydrogen-bond donors (Lipinski definition) is 2. The van der Waals surface area contributed by atoms with Crippen LogP contribution in [-0.4, -0.2) is 44.1 Å². The molecule has 2 N–H and O–H groups in total. The van der Waals surface area contributed by atoms with E-state index >= 15 is 0 Å². The third-order valence-electron chi connectivity index (χ3n) is 3.03. The molecule has 1 amide bonds. The van der Waals surface area contributed by atoms with Crippen LogP contribution < -0.4 is 15.5 Å². The summed E-state index contributed by atoms with van der Waals surface area (Å²) in [6.45, 7) is 2.81. The van der Waals surface area contributed by atoms with Crippen LogP contribution in [0.25, 0.3) is 0 Å². The van der Waals surface area contributed by atoms with E-state index in [4.69, 9.17) is 0 Å². The van der Waals surface area contributed by atoms with E-state index in [0.29, 0.717) is 18.8 Å². The number of carbonyl (C=O) groups excluding carboxylic acids is 1. The van der Waals surface area contributed by atoms with Crippen molar-refractivity contribution in [3.63, 3.8) is 0 Å². The van der Waals surface area contributed by atoms with E-state index in [2.05, 4.69) is 15.6 Å². The number of pyridine rings is 1. The van der Waals surface area contributed by atoms with Gasteiger partial charge < -0.3 is 15.5 Å². The van der Waals surface area contributed by atoms with Gasteiger partial charge in [-0.3, -0.25) is 4.79 Å². The van der Waals surface area contributed by atoms with Crippen LogP contribution >= 0.6 is 0 Å². The van der Waals surface area contributed by atoms with Gasteiger partial charge in [0.05, 0.1) is 5.69 Å². The van der Waals surface area contributed by atoms with Crippen molar-refractivity contribution in [2.24, 2.45) is 0 Å². The van der Waals surface area contributed by atoms with Crippen molar-refractivity contribution < 1.29 is 13.6 Å².